The summed E-state index contributed by atoms with van der Waals surface area (Å²) in [6.07, 6.45) is -10.4. The molecule has 24 heteroatoms. The zero-order valence-corrected chi connectivity index (χ0v) is 22.6. The largest absolute Gasteiger partial charge is 0.460 e. The molecule has 0 amide bonds. The van der Waals surface area contributed by atoms with Crippen molar-refractivity contribution in [2.24, 2.45) is 0 Å². The number of rotatable bonds is 11. The van der Waals surface area contributed by atoms with E-state index in [4.69, 9.17) is 39.2 Å². The van der Waals surface area contributed by atoms with Crippen LogP contribution in [-0.2, 0) is 3.79 Å². The Hall–Kier alpha value is -1.61. The molecule has 3 nitrogen and oxygen atoms in total. The first-order valence-electron chi connectivity index (χ1n) is 10.3. The van der Waals surface area contributed by atoms with Gasteiger partial charge in [-0.15, -0.1) is 22.0 Å². The van der Waals surface area contributed by atoms with Gasteiger partial charge in [0.2, 0.25) is 5.89 Å². The quantitative estimate of drug-likeness (QED) is 0.131. The number of thioether (sulfide) groups is 1. The van der Waals surface area contributed by atoms with Crippen LogP contribution in [0.2, 0.25) is 0 Å². The molecule has 0 aliphatic carbocycles. The van der Waals surface area contributed by atoms with Crippen molar-refractivity contribution in [3.05, 3.63) is 30.2 Å². The highest BCUT2D eigenvalue weighted by Crippen LogP contribution is 2.64. The molecule has 0 saturated heterocycles. The van der Waals surface area contributed by atoms with Crippen LogP contribution in [0.25, 0.3) is 11.5 Å². The second-order valence-electron chi connectivity index (χ2n) is 8.18. The lowest BCUT2D eigenvalue weighted by atomic mass is 9.88. The summed E-state index contributed by atoms with van der Waals surface area (Å²) in [5.41, 5.74) is 0.0879. The second kappa shape index (κ2) is 11.3. The van der Waals surface area contributed by atoms with Gasteiger partial charge in [-0.3, -0.25) is 0 Å². The highest BCUT2D eigenvalue weighted by molar-refractivity contribution is 7.99. The van der Waals surface area contributed by atoms with Crippen LogP contribution in [0.3, 0.4) is 0 Å². The molecule has 0 aliphatic heterocycles. The van der Waals surface area contributed by atoms with Crippen molar-refractivity contribution in [2.45, 2.75) is 62.7 Å². The van der Waals surface area contributed by atoms with E-state index in [-0.39, 0.29) is 28.1 Å². The number of nitrogens with zero attached hydrogens (tertiary/aromatic N) is 2. The molecule has 246 valence electrons. The number of hydrogen-bond donors (Lipinski definition) is 0. The maximum absolute atomic E-state index is 14.0. The first-order chi connectivity index (χ1) is 18.9. The predicted molar refractivity (Wildman–Crippen MR) is 115 cm³/mol. The van der Waals surface area contributed by atoms with Gasteiger partial charge in [0.1, 0.15) is 0 Å². The monoisotopic (exact) mass is 740 g/mol. The number of alkyl halides is 20. The maximum atomic E-state index is 14.0. The summed E-state index contributed by atoms with van der Waals surface area (Å²) < 4.78 is 230. The van der Waals surface area contributed by atoms with Gasteiger partial charge >= 0.3 is 47.6 Å². The van der Waals surface area contributed by atoms with Gasteiger partial charge in [0.05, 0.1) is 0 Å². The number of hydrogen-bond acceptors (Lipinski definition) is 4. The lowest BCUT2D eigenvalue weighted by Gasteiger charge is -2.42. The third-order valence-corrected chi connectivity index (χ3v) is 6.74. The average Bonchev–Trinajstić information content (AvgIpc) is 3.34. The van der Waals surface area contributed by atoms with Gasteiger partial charge < -0.3 is 4.42 Å². The van der Waals surface area contributed by atoms with Crippen LogP contribution < -0.4 is 0 Å². The van der Waals surface area contributed by atoms with Gasteiger partial charge in [-0.05, 0) is 24.3 Å². The molecule has 1 heterocycles. The Morgan fingerprint density at radius 2 is 1.00 bits per heavy atom. The fraction of sp³-hybridized carbons (Fsp3) is 0.579. The molecule has 0 unspecified atom stereocenters. The molecule has 1 aromatic heterocycles. The molecule has 0 aliphatic rings. The lowest BCUT2D eigenvalue weighted by Crippen LogP contribution is -2.74. The normalized spacial score (nSPS) is 15.3. The summed E-state index contributed by atoms with van der Waals surface area (Å²) in [5.74, 6) is -58.6. The molecular weight excluding hydrogens is 734 g/mol. The predicted octanol–water partition coefficient (Wildman–Crippen LogP) is 10.1. The average molecular weight is 742 g/mol. The summed E-state index contributed by atoms with van der Waals surface area (Å²) >= 11 is 16.7. The molecule has 2 rings (SSSR count). The van der Waals surface area contributed by atoms with Crippen molar-refractivity contribution in [1.82, 2.24) is 10.2 Å². The Labute approximate surface area is 246 Å². The summed E-state index contributed by atoms with van der Waals surface area (Å²) in [7, 11) is 0. The minimum atomic E-state index is -8.66. The van der Waals surface area contributed by atoms with E-state index in [9.17, 15) is 74.6 Å². The van der Waals surface area contributed by atoms with E-state index in [0.29, 0.717) is 0 Å². The van der Waals surface area contributed by atoms with E-state index in [1.807, 2.05) is 0 Å². The molecule has 2 aromatic rings. The molecule has 0 spiro atoms. The standard InChI is InChI=1S/C19H8Cl3F17N2OS/c20-12(21,22)10-41-40-9(42-10)7-1-3-8(4-2-7)43-6-5-11(23,24)13(25,26)14(27,28)15(29,30)16(31,32)17(33,34)18(35,36)19(37,38)39/h1-4H,5-6H2. The van der Waals surface area contributed by atoms with Crippen LogP contribution in [0.1, 0.15) is 12.3 Å². The minimum Gasteiger partial charge on any atom is -0.416 e. The molecule has 43 heavy (non-hydrogen) atoms. The van der Waals surface area contributed by atoms with Crippen LogP contribution >= 0.6 is 46.6 Å². The zero-order chi connectivity index (χ0) is 33.9. The van der Waals surface area contributed by atoms with E-state index >= 15 is 0 Å². The van der Waals surface area contributed by atoms with E-state index in [2.05, 4.69) is 10.2 Å². The molecule has 1 aromatic carbocycles. The number of halogens is 20. The Morgan fingerprint density at radius 1 is 0.581 bits per heavy atom. The molecule has 0 N–H and O–H groups in total. The topological polar surface area (TPSA) is 38.9 Å². The van der Waals surface area contributed by atoms with Crippen LogP contribution in [0.15, 0.2) is 33.6 Å². The maximum Gasteiger partial charge on any atom is 0.460 e. The van der Waals surface area contributed by atoms with Crippen LogP contribution in [0.4, 0.5) is 74.6 Å². The highest BCUT2D eigenvalue weighted by atomic mass is 35.6. The first kappa shape index (κ1) is 37.6. The van der Waals surface area contributed by atoms with Gasteiger partial charge in [0, 0.05) is 22.6 Å². The molecule has 0 bridgehead atoms. The van der Waals surface area contributed by atoms with Gasteiger partial charge in [0.25, 0.3) is 9.68 Å². The molecule has 0 saturated carbocycles. The summed E-state index contributed by atoms with van der Waals surface area (Å²) in [6.45, 7) is 0. The van der Waals surface area contributed by atoms with Gasteiger partial charge in [-0.1, -0.05) is 34.8 Å². The van der Waals surface area contributed by atoms with E-state index < -0.39 is 69.5 Å². The van der Waals surface area contributed by atoms with Crippen LogP contribution in [-0.4, -0.2) is 63.6 Å². The minimum absolute atomic E-state index is 0.0879. The Morgan fingerprint density at radius 3 is 1.40 bits per heavy atom. The SMILES string of the molecule is FC(F)(F)C(F)(F)C(F)(F)C(F)(F)C(F)(F)C(F)(F)C(F)(F)C(F)(F)CCSc1ccc(-c2nnc(C(Cl)(Cl)Cl)o2)cc1. The van der Waals surface area contributed by atoms with E-state index in [1.165, 1.54) is 0 Å². The molecule has 0 atom stereocenters. The van der Waals surface area contributed by atoms with Crippen molar-refractivity contribution in [1.29, 1.82) is 0 Å². The number of benzene rings is 1. The second-order valence-corrected chi connectivity index (χ2v) is 11.6. The van der Waals surface area contributed by atoms with Gasteiger partial charge in [-0.25, -0.2) is 0 Å². The van der Waals surface area contributed by atoms with Gasteiger partial charge in [0.15, 0.2) is 0 Å². The number of aromatic nitrogens is 2. The Balaban J connectivity index is 2.25. The fourth-order valence-electron chi connectivity index (χ4n) is 2.80. The van der Waals surface area contributed by atoms with Crippen molar-refractivity contribution in [2.75, 3.05) is 5.75 Å². The van der Waals surface area contributed by atoms with E-state index in [1.54, 1.807) is 0 Å². The fourth-order valence-corrected chi connectivity index (χ4v) is 3.95. The Bertz CT molecular complexity index is 1280. The first-order valence-corrected chi connectivity index (χ1v) is 12.4. The zero-order valence-electron chi connectivity index (χ0n) is 19.5. The summed E-state index contributed by atoms with van der Waals surface area (Å²) in [5, 5.41) is 6.93. The third-order valence-electron chi connectivity index (χ3n) is 5.24. The molecular formula is C19H8Cl3F17N2OS. The third kappa shape index (κ3) is 6.28. The summed E-state index contributed by atoms with van der Waals surface area (Å²) in [4.78, 5) is -0.123. The Kier molecular flexibility index (Phi) is 9.90. The van der Waals surface area contributed by atoms with Crippen molar-refractivity contribution < 1.29 is 79.1 Å². The van der Waals surface area contributed by atoms with Crippen LogP contribution in [0.5, 0.6) is 0 Å². The smallest absolute Gasteiger partial charge is 0.416 e. The van der Waals surface area contributed by atoms with Crippen LogP contribution in [0, 0.1) is 0 Å². The molecule has 0 radical (unpaired) electrons. The summed E-state index contributed by atoms with van der Waals surface area (Å²) in [6, 6.07) is 4.33. The lowest BCUT2D eigenvalue weighted by molar-refractivity contribution is -0.461. The van der Waals surface area contributed by atoms with Crippen molar-refractivity contribution in [3.8, 4) is 11.5 Å². The van der Waals surface area contributed by atoms with E-state index in [0.717, 1.165) is 24.3 Å². The van der Waals surface area contributed by atoms with Gasteiger partial charge in [-0.2, -0.15) is 74.6 Å². The van der Waals surface area contributed by atoms with Crippen molar-refractivity contribution in [3.63, 3.8) is 0 Å². The molecule has 0 fully saturated rings. The van der Waals surface area contributed by atoms with Crippen molar-refractivity contribution >= 4 is 46.6 Å². The highest BCUT2D eigenvalue weighted by Gasteiger charge is 2.95.